The van der Waals surface area contributed by atoms with Crippen LogP contribution in [0.4, 0.5) is 0 Å². The van der Waals surface area contributed by atoms with Crippen LogP contribution in [0.25, 0.3) is 0 Å². The van der Waals surface area contributed by atoms with Gasteiger partial charge in [0.25, 0.3) is 0 Å². The Morgan fingerprint density at radius 1 is 1.00 bits per heavy atom. The van der Waals surface area contributed by atoms with Crippen molar-refractivity contribution in [3.05, 3.63) is 53.6 Å². The van der Waals surface area contributed by atoms with Crippen LogP contribution in [0.1, 0.15) is 18.1 Å². The third kappa shape index (κ3) is 7.17. The standard InChI is InChI=1S/C23H32N4O3.HI/c1-4-24-23(25-16-18-6-5-7-20(28)14-18)27-12-10-26(11-13-27)17-19-8-9-21(29-2)22(15-19)30-3;/h5-9,14-15,28H,4,10-13,16-17H2,1-3H3,(H,24,25);1H. The van der Waals surface area contributed by atoms with Crippen molar-refractivity contribution in [1.82, 2.24) is 15.1 Å². The van der Waals surface area contributed by atoms with Crippen molar-refractivity contribution in [2.75, 3.05) is 46.9 Å². The average molecular weight is 540 g/mol. The van der Waals surface area contributed by atoms with Gasteiger partial charge in [-0.2, -0.15) is 0 Å². The zero-order chi connectivity index (χ0) is 21.3. The number of nitrogens with zero attached hydrogens (tertiary/aromatic N) is 3. The number of benzene rings is 2. The van der Waals surface area contributed by atoms with Crippen molar-refractivity contribution in [1.29, 1.82) is 0 Å². The summed E-state index contributed by atoms with van der Waals surface area (Å²) in [7, 11) is 3.32. The first kappa shape index (κ1) is 25.1. The van der Waals surface area contributed by atoms with Crippen LogP contribution in [-0.4, -0.2) is 67.8 Å². The minimum Gasteiger partial charge on any atom is -0.508 e. The molecule has 0 spiro atoms. The molecule has 0 aliphatic carbocycles. The van der Waals surface area contributed by atoms with E-state index in [4.69, 9.17) is 14.5 Å². The summed E-state index contributed by atoms with van der Waals surface area (Å²) >= 11 is 0. The van der Waals surface area contributed by atoms with E-state index in [1.807, 2.05) is 24.3 Å². The molecule has 7 nitrogen and oxygen atoms in total. The smallest absolute Gasteiger partial charge is 0.194 e. The number of nitrogens with one attached hydrogen (secondary N) is 1. The zero-order valence-electron chi connectivity index (χ0n) is 18.5. The summed E-state index contributed by atoms with van der Waals surface area (Å²) in [6, 6.07) is 13.4. The number of aliphatic imine (C=N–C) groups is 1. The van der Waals surface area contributed by atoms with Crippen molar-refractivity contribution in [3.8, 4) is 17.2 Å². The SMILES string of the molecule is CCNC(=NCc1cccc(O)c1)N1CCN(Cc2ccc(OC)c(OC)c2)CC1.I. The van der Waals surface area contributed by atoms with E-state index in [-0.39, 0.29) is 29.7 Å². The molecule has 0 radical (unpaired) electrons. The maximum absolute atomic E-state index is 9.65. The number of guanidine groups is 1. The third-order valence-corrected chi connectivity index (χ3v) is 5.18. The number of phenolic OH excluding ortho intramolecular Hbond substituents is 1. The van der Waals surface area contributed by atoms with Crippen LogP contribution in [0.3, 0.4) is 0 Å². The van der Waals surface area contributed by atoms with E-state index < -0.39 is 0 Å². The molecule has 2 N–H and O–H groups in total. The number of ether oxygens (including phenoxy) is 2. The summed E-state index contributed by atoms with van der Waals surface area (Å²) in [6.07, 6.45) is 0. The summed E-state index contributed by atoms with van der Waals surface area (Å²) in [4.78, 5) is 9.51. The first-order chi connectivity index (χ1) is 14.6. The van der Waals surface area contributed by atoms with Crippen LogP contribution in [0.2, 0.25) is 0 Å². The fourth-order valence-electron chi connectivity index (χ4n) is 3.60. The van der Waals surface area contributed by atoms with E-state index in [1.54, 1.807) is 26.4 Å². The number of rotatable bonds is 7. The first-order valence-electron chi connectivity index (χ1n) is 10.4. The molecule has 0 unspecified atom stereocenters. The number of phenols is 1. The Bertz CT molecular complexity index is 854. The lowest BCUT2D eigenvalue weighted by Crippen LogP contribution is -2.52. The highest BCUT2D eigenvalue weighted by Crippen LogP contribution is 2.28. The Balaban J connectivity index is 0.00000341. The maximum Gasteiger partial charge on any atom is 0.194 e. The zero-order valence-corrected chi connectivity index (χ0v) is 20.8. The lowest BCUT2D eigenvalue weighted by Gasteiger charge is -2.36. The Labute approximate surface area is 202 Å². The van der Waals surface area contributed by atoms with Crippen molar-refractivity contribution in [2.24, 2.45) is 4.99 Å². The van der Waals surface area contributed by atoms with Gasteiger partial charge < -0.3 is 24.8 Å². The molecular weight excluding hydrogens is 507 g/mol. The fraction of sp³-hybridized carbons (Fsp3) is 0.435. The summed E-state index contributed by atoms with van der Waals surface area (Å²) in [6.45, 7) is 8.09. The third-order valence-electron chi connectivity index (χ3n) is 5.18. The number of hydrogen-bond acceptors (Lipinski definition) is 5. The molecule has 170 valence electrons. The topological polar surface area (TPSA) is 69.6 Å². The van der Waals surface area contributed by atoms with E-state index in [0.717, 1.165) is 62.3 Å². The second-order valence-corrected chi connectivity index (χ2v) is 7.29. The molecule has 0 aromatic heterocycles. The molecule has 1 aliphatic rings. The second kappa shape index (κ2) is 12.6. The van der Waals surface area contributed by atoms with Gasteiger partial charge in [0.1, 0.15) is 5.75 Å². The highest BCUT2D eigenvalue weighted by Gasteiger charge is 2.20. The fourth-order valence-corrected chi connectivity index (χ4v) is 3.60. The average Bonchev–Trinajstić information content (AvgIpc) is 2.77. The van der Waals surface area contributed by atoms with Gasteiger partial charge >= 0.3 is 0 Å². The number of hydrogen-bond donors (Lipinski definition) is 2. The van der Waals surface area contributed by atoms with Gasteiger partial charge in [-0.15, -0.1) is 24.0 Å². The summed E-state index contributed by atoms with van der Waals surface area (Å²) in [5, 5.41) is 13.0. The molecule has 2 aromatic carbocycles. The largest absolute Gasteiger partial charge is 0.508 e. The molecule has 0 amide bonds. The van der Waals surface area contributed by atoms with E-state index in [9.17, 15) is 5.11 Å². The minimum atomic E-state index is 0. The molecule has 1 heterocycles. The highest BCUT2D eigenvalue weighted by molar-refractivity contribution is 14.0. The number of aromatic hydroxyl groups is 1. The van der Waals surface area contributed by atoms with Gasteiger partial charge in [0.2, 0.25) is 0 Å². The van der Waals surface area contributed by atoms with Crippen LogP contribution in [0.15, 0.2) is 47.5 Å². The predicted molar refractivity (Wildman–Crippen MR) is 135 cm³/mol. The molecule has 1 saturated heterocycles. The molecule has 3 rings (SSSR count). The van der Waals surface area contributed by atoms with Gasteiger partial charge in [-0.05, 0) is 42.3 Å². The number of piperazine rings is 1. The molecule has 1 aliphatic heterocycles. The van der Waals surface area contributed by atoms with Crippen LogP contribution in [-0.2, 0) is 13.1 Å². The summed E-state index contributed by atoms with van der Waals surface area (Å²) in [5.41, 5.74) is 2.21. The quantitative estimate of drug-likeness (QED) is 0.319. The molecule has 0 bridgehead atoms. The molecule has 1 fully saturated rings. The molecular formula is C23H33IN4O3. The van der Waals surface area contributed by atoms with Crippen molar-refractivity contribution in [2.45, 2.75) is 20.0 Å². The second-order valence-electron chi connectivity index (χ2n) is 7.29. The Morgan fingerprint density at radius 3 is 2.39 bits per heavy atom. The maximum atomic E-state index is 9.65. The van der Waals surface area contributed by atoms with Crippen molar-refractivity contribution >= 4 is 29.9 Å². The number of halogens is 1. The van der Waals surface area contributed by atoms with Gasteiger partial charge in [-0.25, -0.2) is 4.99 Å². The van der Waals surface area contributed by atoms with E-state index in [1.165, 1.54) is 5.56 Å². The molecule has 0 atom stereocenters. The van der Waals surface area contributed by atoms with Crippen LogP contribution in [0, 0.1) is 0 Å². The van der Waals surface area contributed by atoms with Crippen LogP contribution < -0.4 is 14.8 Å². The molecule has 0 saturated carbocycles. The molecule has 31 heavy (non-hydrogen) atoms. The lowest BCUT2D eigenvalue weighted by atomic mass is 10.1. The van der Waals surface area contributed by atoms with Crippen LogP contribution in [0.5, 0.6) is 17.2 Å². The van der Waals surface area contributed by atoms with Gasteiger partial charge in [-0.3, -0.25) is 4.90 Å². The number of methoxy groups -OCH3 is 2. The first-order valence-corrected chi connectivity index (χ1v) is 10.4. The Morgan fingerprint density at radius 2 is 1.74 bits per heavy atom. The van der Waals surface area contributed by atoms with E-state index >= 15 is 0 Å². The summed E-state index contributed by atoms with van der Waals surface area (Å²) < 4.78 is 10.7. The summed E-state index contributed by atoms with van der Waals surface area (Å²) in [5.74, 6) is 2.72. The Hall–Kier alpha value is -2.20. The van der Waals surface area contributed by atoms with Crippen molar-refractivity contribution in [3.63, 3.8) is 0 Å². The predicted octanol–water partition coefficient (Wildman–Crippen LogP) is 3.31. The van der Waals surface area contributed by atoms with E-state index in [0.29, 0.717) is 6.54 Å². The van der Waals surface area contributed by atoms with Crippen LogP contribution >= 0.6 is 24.0 Å². The molecule has 2 aromatic rings. The highest BCUT2D eigenvalue weighted by atomic mass is 127. The Kier molecular flexibility index (Phi) is 10.2. The van der Waals surface area contributed by atoms with Gasteiger partial charge in [0, 0.05) is 39.3 Å². The molecule has 8 heteroatoms. The monoisotopic (exact) mass is 540 g/mol. The van der Waals surface area contributed by atoms with Gasteiger partial charge in [-0.1, -0.05) is 18.2 Å². The van der Waals surface area contributed by atoms with E-state index in [2.05, 4.69) is 28.1 Å². The minimum absolute atomic E-state index is 0. The van der Waals surface area contributed by atoms with Gasteiger partial charge in [0.15, 0.2) is 17.5 Å². The normalized spacial score (nSPS) is 14.7. The van der Waals surface area contributed by atoms with Crippen molar-refractivity contribution < 1.29 is 14.6 Å². The van der Waals surface area contributed by atoms with Gasteiger partial charge in [0.05, 0.1) is 20.8 Å². The lowest BCUT2D eigenvalue weighted by molar-refractivity contribution is 0.172.